The molecule has 12 heavy (non-hydrogen) atoms. The van der Waals surface area contributed by atoms with Gasteiger partial charge in [0, 0.05) is 13.1 Å². The lowest BCUT2D eigenvalue weighted by Crippen LogP contribution is -2.44. The molecule has 0 heterocycles. The van der Waals surface area contributed by atoms with Gasteiger partial charge in [0.25, 0.3) is 0 Å². The fourth-order valence-electron chi connectivity index (χ4n) is 1.95. The van der Waals surface area contributed by atoms with Crippen LogP contribution in [0.5, 0.6) is 0 Å². The van der Waals surface area contributed by atoms with E-state index >= 15 is 0 Å². The molecule has 0 saturated heterocycles. The van der Waals surface area contributed by atoms with Gasteiger partial charge in [0.1, 0.15) is 0 Å². The van der Waals surface area contributed by atoms with Crippen LogP contribution in [0.15, 0.2) is 0 Å². The Hall–Kier alpha value is -0.310. The maximum Gasteiger partial charge on any atom is 0.166 e. The third kappa shape index (κ3) is 2.09. The van der Waals surface area contributed by atoms with Crippen molar-refractivity contribution in [2.24, 2.45) is 11.8 Å². The predicted molar refractivity (Wildman–Crippen MR) is 56.1 cm³/mol. The molecule has 2 N–H and O–H groups in total. The van der Waals surface area contributed by atoms with Crippen LogP contribution in [0.3, 0.4) is 0 Å². The maximum atomic E-state index is 5.08. The number of thiocarbonyl (C=S) groups is 1. The fraction of sp³-hybridized carbons (Fsp3) is 0.889. The smallest absolute Gasteiger partial charge is 0.166 e. The van der Waals surface area contributed by atoms with Gasteiger partial charge in [-0.15, -0.1) is 0 Å². The first-order valence-corrected chi connectivity index (χ1v) is 5.04. The summed E-state index contributed by atoms with van der Waals surface area (Å²) < 4.78 is 0. The van der Waals surface area contributed by atoms with Gasteiger partial charge in [-0.3, -0.25) is 0 Å². The molecule has 0 aromatic carbocycles. The highest BCUT2D eigenvalue weighted by atomic mass is 32.1. The zero-order valence-corrected chi connectivity index (χ0v) is 8.87. The second kappa shape index (κ2) is 4.08. The standard InChI is InChI=1S/C9H18N2S/c1-6-4-5-7(2)8(6)11-9(12)10-3/h6-8H,4-5H2,1-3H3,(H2,10,11,12). The van der Waals surface area contributed by atoms with Crippen LogP contribution in [0.4, 0.5) is 0 Å². The third-order valence-corrected chi connectivity index (χ3v) is 3.15. The monoisotopic (exact) mass is 186 g/mol. The van der Waals surface area contributed by atoms with Gasteiger partial charge in [0.05, 0.1) is 0 Å². The van der Waals surface area contributed by atoms with Crippen LogP contribution in [0.1, 0.15) is 26.7 Å². The van der Waals surface area contributed by atoms with E-state index in [1.807, 2.05) is 7.05 Å². The molecule has 0 amide bonds. The predicted octanol–water partition coefficient (Wildman–Crippen LogP) is 1.51. The van der Waals surface area contributed by atoms with E-state index in [-0.39, 0.29) is 0 Å². The van der Waals surface area contributed by atoms with Gasteiger partial charge in [-0.1, -0.05) is 13.8 Å². The zero-order chi connectivity index (χ0) is 9.14. The molecule has 70 valence electrons. The topological polar surface area (TPSA) is 24.1 Å². The normalized spacial score (nSPS) is 34.8. The summed E-state index contributed by atoms with van der Waals surface area (Å²) in [4.78, 5) is 0. The molecule has 2 nitrogen and oxygen atoms in total. The van der Waals surface area contributed by atoms with Gasteiger partial charge < -0.3 is 10.6 Å². The molecule has 1 aliphatic rings. The van der Waals surface area contributed by atoms with Gasteiger partial charge >= 0.3 is 0 Å². The molecule has 0 spiro atoms. The average molecular weight is 186 g/mol. The molecule has 0 bridgehead atoms. The van der Waals surface area contributed by atoms with Crippen LogP contribution in [-0.4, -0.2) is 18.2 Å². The first-order chi connectivity index (χ1) is 5.65. The van der Waals surface area contributed by atoms with E-state index in [4.69, 9.17) is 12.2 Å². The second-order valence-corrected chi connectivity index (χ2v) is 4.19. The molecular weight excluding hydrogens is 168 g/mol. The minimum Gasteiger partial charge on any atom is -0.366 e. The molecule has 0 radical (unpaired) electrons. The molecule has 0 aliphatic heterocycles. The molecule has 1 aliphatic carbocycles. The van der Waals surface area contributed by atoms with E-state index < -0.39 is 0 Å². The average Bonchev–Trinajstić information content (AvgIpc) is 2.35. The Labute approximate surface area is 80.1 Å². The van der Waals surface area contributed by atoms with Gasteiger partial charge in [0.15, 0.2) is 5.11 Å². The molecule has 0 aromatic rings. The summed E-state index contributed by atoms with van der Waals surface area (Å²) in [5.74, 6) is 1.51. The maximum absolute atomic E-state index is 5.08. The molecule has 3 heteroatoms. The lowest BCUT2D eigenvalue weighted by atomic mass is 10.0. The summed E-state index contributed by atoms with van der Waals surface area (Å²) in [6.45, 7) is 4.58. The van der Waals surface area contributed by atoms with Gasteiger partial charge in [0.2, 0.25) is 0 Å². The van der Waals surface area contributed by atoms with Crippen molar-refractivity contribution in [3.05, 3.63) is 0 Å². The highest BCUT2D eigenvalue weighted by Crippen LogP contribution is 2.30. The van der Waals surface area contributed by atoms with E-state index in [1.165, 1.54) is 12.8 Å². The lowest BCUT2D eigenvalue weighted by Gasteiger charge is -2.22. The Morgan fingerprint density at radius 3 is 2.17 bits per heavy atom. The molecular formula is C9H18N2S. The SMILES string of the molecule is CNC(=S)NC1C(C)CCC1C. The van der Waals surface area contributed by atoms with E-state index in [2.05, 4.69) is 24.5 Å². The first kappa shape index (κ1) is 9.78. The van der Waals surface area contributed by atoms with Crippen molar-refractivity contribution in [1.29, 1.82) is 0 Å². The minimum atomic E-state index is 0.574. The fourth-order valence-corrected chi connectivity index (χ4v) is 2.09. The Morgan fingerprint density at radius 1 is 1.25 bits per heavy atom. The summed E-state index contributed by atoms with van der Waals surface area (Å²) in [5, 5.41) is 7.08. The Morgan fingerprint density at radius 2 is 1.75 bits per heavy atom. The van der Waals surface area contributed by atoms with Crippen molar-refractivity contribution in [3.63, 3.8) is 0 Å². The third-order valence-electron chi connectivity index (χ3n) is 2.83. The minimum absolute atomic E-state index is 0.574. The van der Waals surface area contributed by atoms with Crippen molar-refractivity contribution in [1.82, 2.24) is 10.6 Å². The molecule has 2 atom stereocenters. The Balaban J connectivity index is 2.44. The van der Waals surface area contributed by atoms with E-state index in [0.717, 1.165) is 16.9 Å². The summed E-state index contributed by atoms with van der Waals surface area (Å²) in [6.07, 6.45) is 2.65. The van der Waals surface area contributed by atoms with Crippen LogP contribution >= 0.6 is 12.2 Å². The number of hydrogen-bond donors (Lipinski definition) is 2. The van der Waals surface area contributed by atoms with Crippen molar-refractivity contribution in [2.75, 3.05) is 7.05 Å². The quantitative estimate of drug-likeness (QED) is 0.607. The van der Waals surface area contributed by atoms with Gasteiger partial charge in [-0.05, 0) is 36.9 Å². The van der Waals surface area contributed by atoms with Crippen molar-refractivity contribution in [3.8, 4) is 0 Å². The number of nitrogens with one attached hydrogen (secondary N) is 2. The van der Waals surface area contributed by atoms with E-state index in [0.29, 0.717) is 6.04 Å². The summed E-state index contributed by atoms with van der Waals surface area (Å²) >= 11 is 5.08. The van der Waals surface area contributed by atoms with Crippen molar-refractivity contribution >= 4 is 17.3 Å². The summed E-state index contributed by atoms with van der Waals surface area (Å²) in [5.41, 5.74) is 0. The van der Waals surface area contributed by atoms with Crippen LogP contribution in [0.2, 0.25) is 0 Å². The van der Waals surface area contributed by atoms with Crippen LogP contribution in [-0.2, 0) is 0 Å². The Kier molecular flexibility index (Phi) is 3.32. The van der Waals surface area contributed by atoms with Crippen LogP contribution in [0.25, 0.3) is 0 Å². The molecule has 1 rings (SSSR count). The van der Waals surface area contributed by atoms with E-state index in [1.54, 1.807) is 0 Å². The van der Waals surface area contributed by atoms with Crippen molar-refractivity contribution in [2.45, 2.75) is 32.7 Å². The summed E-state index contributed by atoms with van der Waals surface area (Å²) in [7, 11) is 1.86. The highest BCUT2D eigenvalue weighted by molar-refractivity contribution is 7.80. The lowest BCUT2D eigenvalue weighted by molar-refractivity contribution is 0.416. The molecule has 2 unspecified atom stereocenters. The number of hydrogen-bond acceptors (Lipinski definition) is 1. The number of rotatable bonds is 1. The van der Waals surface area contributed by atoms with Gasteiger partial charge in [-0.2, -0.15) is 0 Å². The summed E-state index contributed by atoms with van der Waals surface area (Å²) in [6, 6.07) is 0.574. The molecule has 1 fully saturated rings. The highest BCUT2D eigenvalue weighted by Gasteiger charge is 2.30. The zero-order valence-electron chi connectivity index (χ0n) is 8.05. The second-order valence-electron chi connectivity index (χ2n) is 3.78. The van der Waals surface area contributed by atoms with Gasteiger partial charge in [-0.25, -0.2) is 0 Å². The molecule has 0 aromatic heterocycles. The van der Waals surface area contributed by atoms with Crippen LogP contribution in [0, 0.1) is 11.8 Å². The largest absolute Gasteiger partial charge is 0.366 e. The Bertz CT molecular complexity index is 160. The first-order valence-electron chi connectivity index (χ1n) is 4.63. The van der Waals surface area contributed by atoms with E-state index in [9.17, 15) is 0 Å². The van der Waals surface area contributed by atoms with Crippen LogP contribution < -0.4 is 10.6 Å². The van der Waals surface area contributed by atoms with Crippen molar-refractivity contribution < 1.29 is 0 Å². The molecule has 1 saturated carbocycles.